The van der Waals surface area contributed by atoms with Crippen LogP contribution in [0.1, 0.15) is 43.7 Å². The third-order valence-electron chi connectivity index (χ3n) is 4.92. The number of benzene rings is 1. The molecule has 0 heterocycles. The maximum absolute atomic E-state index is 9.41. The maximum atomic E-state index is 9.41. The van der Waals surface area contributed by atoms with E-state index in [4.69, 9.17) is 0 Å². The van der Waals surface area contributed by atoms with Gasteiger partial charge in [-0.05, 0) is 50.3 Å². The first-order valence-corrected chi connectivity index (χ1v) is 7.80. The van der Waals surface area contributed by atoms with Crippen LogP contribution in [0.25, 0.3) is 0 Å². The van der Waals surface area contributed by atoms with Crippen molar-refractivity contribution in [1.82, 2.24) is 4.90 Å². The average molecular weight is 270 g/mol. The molecule has 20 heavy (non-hydrogen) atoms. The molecule has 0 aromatic heterocycles. The monoisotopic (exact) mass is 270 g/mol. The molecular weight excluding hydrogens is 244 g/mol. The summed E-state index contributed by atoms with van der Waals surface area (Å²) in [5.41, 5.74) is 2.72. The molecule has 1 aromatic carbocycles. The SMILES string of the molecule is CCC1CCC(C#N)C(N(C)Cc2ccccc2C)C1. The van der Waals surface area contributed by atoms with Gasteiger partial charge in [0, 0.05) is 12.6 Å². The van der Waals surface area contributed by atoms with Crippen molar-refractivity contribution in [1.29, 1.82) is 5.26 Å². The topological polar surface area (TPSA) is 27.0 Å². The fraction of sp³-hybridized carbons (Fsp3) is 0.611. The molecule has 0 N–H and O–H groups in total. The quantitative estimate of drug-likeness (QED) is 0.822. The average Bonchev–Trinajstić information content (AvgIpc) is 2.48. The van der Waals surface area contributed by atoms with E-state index in [0.29, 0.717) is 6.04 Å². The molecule has 1 aliphatic carbocycles. The number of nitrogens with zero attached hydrogens (tertiary/aromatic N) is 2. The summed E-state index contributed by atoms with van der Waals surface area (Å²) in [7, 11) is 2.18. The molecular formula is C18H26N2. The Morgan fingerprint density at radius 3 is 2.70 bits per heavy atom. The van der Waals surface area contributed by atoms with Crippen molar-refractivity contribution >= 4 is 0 Å². The van der Waals surface area contributed by atoms with Crippen molar-refractivity contribution in [3.8, 4) is 6.07 Å². The number of hydrogen-bond donors (Lipinski definition) is 0. The standard InChI is InChI=1S/C18H26N2/c1-4-15-9-10-16(12-19)18(11-15)20(3)13-17-8-6-5-7-14(17)2/h5-8,15-16,18H,4,9-11,13H2,1-3H3. The molecule has 0 saturated heterocycles. The highest BCUT2D eigenvalue weighted by Gasteiger charge is 2.32. The Bertz CT molecular complexity index is 475. The Morgan fingerprint density at radius 2 is 2.05 bits per heavy atom. The molecule has 1 fully saturated rings. The van der Waals surface area contributed by atoms with Crippen LogP contribution in [-0.4, -0.2) is 18.0 Å². The molecule has 1 aliphatic rings. The zero-order valence-corrected chi connectivity index (χ0v) is 13.0. The van der Waals surface area contributed by atoms with Crippen LogP contribution in [0.3, 0.4) is 0 Å². The predicted octanol–water partition coefficient (Wildman–Crippen LogP) is 4.15. The van der Waals surface area contributed by atoms with Crippen LogP contribution >= 0.6 is 0 Å². The van der Waals surface area contributed by atoms with E-state index in [1.807, 2.05) is 0 Å². The molecule has 0 amide bonds. The van der Waals surface area contributed by atoms with Crippen molar-refractivity contribution in [2.75, 3.05) is 7.05 Å². The minimum absolute atomic E-state index is 0.201. The second kappa shape index (κ2) is 6.90. The zero-order chi connectivity index (χ0) is 14.5. The lowest BCUT2D eigenvalue weighted by molar-refractivity contribution is 0.118. The zero-order valence-electron chi connectivity index (χ0n) is 13.0. The molecule has 2 heteroatoms. The summed E-state index contributed by atoms with van der Waals surface area (Å²) < 4.78 is 0. The van der Waals surface area contributed by atoms with Crippen LogP contribution in [0.4, 0.5) is 0 Å². The van der Waals surface area contributed by atoms with Gasteiger partial charge in [-0.2, -0.15) is 5.26 Å². The van der Waals surface area contributed by atoms with E-state index < -0.39 is 0 Å². The number of hydrogen-bond acceptors (Lipinski definition) is 2. The minimum Gasteiger partial charge on any atom is -0.298 e. The highest BCUT2D eigenvalue weighted by Crippen LogP contribution is 2.34. The van der Waals surface area contributed by atoms with E-state index in [9.17, 15) is 5.26 Å². The summed E-state index contributed by atoms with van der Waals surface area (Å²) in [5.74, 6) is 0.996. The fourth-order valence-electron chi connectivity index (χ4n) is 3.41. The molecule has 2 nitrogen and oxygen atoms in total. The third-order valence-corrected chi connectivity index (χ3v) is 4.92. The predicted molar refractivity (Wildman–Crippen MR) is 83.2 cm³/mol. The van der Waals surface area contributed by atoms with Gasteiger partial charge in [0.15, 0.2) is 0 Å². The third kappa shape index (κ3) is 3.41. The smallest absolute Gasteiger partial charge is 0.0672 e. The van der Waals surface area contributed by atoms with Crippen molar-refractivity contribution < 1.29 is 0 Å². The molecule has 0 aliphatic heterocycles. The first kappa shape index (κ1) is 15.1. The van der Waals surface area contributed by atoms with E-state index in [1.165, 1.54) is 30.4 Å². The van der Waals surface area contributed by atoms with E-state index in [1.54, 1.807) is 0 Å². The summed E-state index contributed by atoms with van der Waals surface area (Å²) >= 11 is 0. The van der Waals surface area contributed by atoms with Crippen LogP contribution < -0.4 is 0 Å². The summed E-state index contributed by atoms with van der Waals surface area (Å²) in [6, 6.07) is 11.5. The first-order valence-electron chi connectivity index (χ1n) is 7.80. The van der Waals surface area contributed by atoms with Crippen molar-refractivity contribution in [2.45, 2.75) is 52.1 Å². The van der Waals surface area contributed by atoms with Gasteiger partial charge in [-0.3, -0.25) is 4.90 Å². The van der Waals surface area contributed by atoms with Gasteiger partial charge in [0.25, 0.3) is 0 Å². The van der Waals surface area contributed by atoms with Crippen molar-refractivity contribution in [3.05, 3.63) is 35.4 Å². The second-order valence-corrected chi connectivity index (χ2v) is 6.23. The van der Waals surface area contributed by atoms with Crippen LogP contribution in [-0.2, 0) is 6.54 Å². The lowest BCUT2D eigenvalue weighted by atomic mass is 9.77. The Morgan fingerprint density at radius 1 is 1.30 bits per heavy atom. The highest BCUT2D eigenvalue weighted by molar-refractivity contribution is 5.25. The second-order valence-electron chi connectivity index (χ2n) is 6.23. The van der Waals surface area contributed by atoms with Crippen molar-refractivity contribution in [2.24, 2.45) is 11.8 Å². The van der Waals surface area contributed by atoms with Crippen molar-refractivity contribution in [3.63, 3.8) is 0 Å². The van der Waals surface area contributed by atoms with E-state index in [-0.39, 0.29) is 5.92 Å². The van der Waals surface area contributed by atoms with Gasteiger partial charge in [0.2, 0.25) is 0 Å². The van der Waals surface area contributed by atoms with Crippen LogP contribution in [0, 0.1) is 30.1 Å². The maximum Gasteiger partial charge on any atom is 0.0672 e. The molecule has 3 atom stereocenters. The molecule has 1 aromatic rings. The van der Waals surface area contributed by atoms with Gasteiger partial charge >= 0.3 is 0 Å². The highest BCUT2D eigenvalue weighted by atomic mass is 15.1. The van der Waals surface area contributed by atoms with Gasteiger partial charge in [0.05, 0.1) is 12.0 Å². The summed E-state index contributed by atoms with van der Waals surface area (Å²) in [5, 5.41) is 9.41. The largest absolute Gasteiger partial charge is 0.298 e. The summed E-state index contributed by atoms with van der Waals surface area (Å²) in [6.07, 6.45) is 4.71. The van der Waals surface area contributed by atoms with Crippen LogP contribution in [0.2, 0.25) is 0 Å². The summed E-state index contributed by atoms with van der Waals surface area (Å²) in [4.78, 5) is 2.40. The van der Waals surface area contributed by atoms with Gasteiger partial charge < -0.3 is 0 Å². The Hall–Kier alpha value is -1.33. The summed E-state index contributed by atoms with van der Waals surface area (Å²) in [6.45, 7) is 5.39. The molecule has 0 spiro atoms. The van der Waals surface area contributed by atoms with Gasteiger partial charge in [-0.1, -0.05) is 37.6 Å². The lowest BCUT2D eigenvalue weighted by Crippen LogP contribution is -2.41. The normalized spacial score (nSPS) is 26.4. The Labute approximate surface area is 123 Å². The van der Waals surface area contributed by atoms with Gasteiger partial charge in [-0.25, -0.2) is 0 Å². The number of aryl methyl sites for hydroxylation is 1. The molecule has 0 radical (unpaired) electrons. The van der Waals surface area contributed by atoms with E-state index >= 15 is 0 Å². The Kier molecular flexibility index (Phi) is 5.20. The molecule has 1 saturated carbocycles. The molecule has 2 rings (SSSR count). The minimum atomic E-state index is 0.201. The molecule has 108 valence electrons. The first-order chi connectivity index (χ1) is 9.65. The number of nitriles is 1. The van der Waals surface area contributed by atoms with Crippen LogP contribution in [0.15, 0.2) is 24.3 Å². The molecule has 3 unspecified atom stereocenters. The molecule has 0 bridgehead atoms. The van der Waals surface area contributed by atoms with Gasteiger partial charge in [-0.15, -0.1) is 0 Å². The van der Waals surface area contributed by atoms with Gasteiger partial charge in [0.1, 0.15) is 0 Å². The van der Waals surface area contributed by atoms with E-state index in [2.05, 4.69) is 56.1 Å². The lowest BCUT2D eigenvalue weighted by Gasteiger charge is -2.38. The fourth-order valence-corrected chi connectivity index (χ4v) is 3.41. The number of rotatable bonds is 4. The van der Waals surface area contributed by atoms with Crippen LogP contribution in [0.5, 0.6) is 0 Å². The Balaban J connectivity index is 2.08. The van der Waals surface area contributed by atoms with E-state index in [0.717, 1.165) is 18.9 Å².